The summed E-state index contributed by atoms with van der Waals surface area (Å²) in [4.78, 5) is 11.6. The second-order valence-electron chi connectivity index (χ2n) is 3.59. The van der Waals surface area contributed by atoms with Crippen molar-refractivity contribution < 1.29 is 9.53 Å². The van der Waals surface area contributed by atoms with Gasteiger partial charge in [0, 0.05) is 10.0 Å². The lowest BCUT2D eigenvalue weighted by atomic mass is 10.2. The Morgan fingerprint density at radius 1 is 1.53 bits per heavy atom. The summed E-state index contributed by atoms with van der Waals surface area (Å²) in [6, 6.07) is 7.12. The topological polar surface area (TPSA) is 52.3 Å². The van der Waals surface area contributed by atoms with Crippen LogP contribution in [0.2, 0.25) is 0 Å². The van der Waals surface area contributed by atoms with Gasteiger partial charge in [0.1, 0.15) is 12.6 Å². The van der Waals surface area contributed by atoms with Crippen LogP contribution in [-0.4, -0.2) is 24.0 Å². The summed E-state index contributed by atoms with van der Waals surface area (Å²) in [6.07, 6.45) is 2.63. The molecule has 0 amide bonds. The number of hydrogen-bond acceptors (Lipinski definition) is 4. The van der Waals surface area contributed by atoms with Gasteiger partial charge in [0.25, 0.3) is 0 Å². The standard InChI is InChI=1S/C12H16BrNO2S/c1-17-7-6-11(14)12(15)16-8-9-4-2-3-5-10(9)13/h2-5,11H,6-8,14H2,1H3/t11-/m1/s1. The Kier molecular flexibility index (Phi) is 6.62. The molecule has 0 aliphatic rings. The van der Waals surface area contributed by atoms with Crippen LogP contribution >= 0.6 is 27.7 Å². The van der Waals surface area contributed by atoms with Crippen molar-refractivity contribution in [2.45, 2.75) is 19.1 Å². The van der Waals surface area contributed by atoms with E-state index in [1.807, 2.05) is 30.5 Å². The van der Waals surface area contributed by atoms with E-state index < -0.39 is 6.04 Å². The van der Waals surface area contributed by atoms with Gasteiger partial charge in [0.2, 0.25) is 0 Å². The van der Waals surface area contributed by atoms with Gasteiger partial charge in [0.15, 0.2) is 0 Å². The molecule has 0 bridgehead atoms. The van der Waals surface area contributed by atoms with Gasteiger partial charge in [-0.25, -0.2) is 0 Å². The maximum absolute atomic E-state index is 11.6. The van der Waals surface area contributed by atoms with E-state index in [0.29, 0.717) is 6.42 Å². The van der Waals surface area contributed by atoms with Crippen molar-refractivity contribution in [3.8, 4) is 0 Å². The number of thioether (sulfide) groups is 1. The summed E-state index contributed by atoms with van der Waals surface area (Å²) < 4.78 is 6.10. The van der Waals surface area contributed by atoms with Gasteiger partial charge in [0.05, 0.1) is 0 Å². The molecule has 0 saturated carbocycles. The average Bonchev–Trinajstić information content (AvgIpc) is 2.34. The molecule has 0 aromatic heterocycles. The number of halogens is 1. The van der Waals surface area contributed by atoms with Crippen molar-refractivity contribution in [1.29, 1.82) is 0 Å². The second kappa shape index (κ2) is 7.74. The van der Waals surface area contributed by atoms with Gasteiger partial charge in [-0.05, 0) is 24.5 Å². The van der Waals surface area contributed by atoms with Crippen LogP contribution in [-0.2, 0) is 16.1 Å². The number of ether oxygens (including phenoxy) is 1. The van der Waals surface area contributed by atoms with Crippen LogP contribution < -0.4 is 5.73 Å². The zero-order chi connectivity index (χ0) is 12.7. The van der Waals surface area contributed by atoms with Gasteiger partial charge < -0.3 is 10.5 Å². The molecule has 0 unspecified atom stereocenters. The minimum atomic E-state index is -0.523. The molecule has 94 valence electrons. The van der Waals surface area contributed by atoms with Crippen molar-refractivity contribution in [3.63, 3.8) is 0 Å². The fraction of sp³-hybridized carbons (Fsp3) is 0.417. The number of carbonyl (C=O) groups excluding carboxylic acids is 1. The quantitative estimate of drug-likeness (QED) is 0.819. The van der Waals surface area contributed by atoms with Crippen molar-refractivity contribution in [2.24, 2.45) is 5.73 Å². The monoisotopic (exact) mass is 317 g/mol. The van der Waals surface area contributed by atoms with Crippen LogP contribution in [0.25, 0.3) is 0 Å². The summed E-state index contributed by atoms with van der Waals surface area (Å²) in [5.41, 5.74) is 6.65. The first-order valence-corrected chi connectivity index (χ1v) is 7.48. The summed E-state index contributed by atoms with van der Waals surface area (Å²) in [6.45, 7) is 0.257. The predicted molar refractivity (Wildman–Crippen MR) is 74.9 cm³/mol. The molecule has 0 heterocycles. The van der Waals surface area contributed by atoms with Crippen molar-refractivity contribution in [1.82, 2.24) is 0 Å². The number of carbonyl (C=O) groups is 1. The first-order chi connectivity index (χ1) is 8.15. The fourth-order valence-electron chi connectivity index (χ4n) is 1.23. The van der Waals surface area contributed by atoms with Crippen LogP contribution in [0, 0.1) is 0 Å². The Morgan fingerprint density at radius 2 is 2.24 bits per heavy atom. The zero-order valence-corrected chi connectivity index (χ0v) is 12.1. The highest BCUT2D eigenvalue weighted by molar-refractivity contribution is 9.10. The number of hydrogen-bond donors (Lipinski definition) is 1. The Labute approximate surface area is 114 Å². The third kappa shape index (κ3) is 5.10. The molecule has 0 spiro atoms. The lowest BCUT2D eigenvalue weighted by Crippen LogP contribution is -2.32. The maximum Gasteiger partial charge on any atom is 0.323 e. The molecule has 1 aromatic carbocycles. The van der Waals surface area contributed by atoms with Gasteiger partial charge in [-0.2, -0.15) is 11.8 Å². The normalized spacial score (nSPS) is 12.2. The van der Waals surface area contributed by atoms with Gasteiger partial charge in [-0.1, -0.05) is 34.1 Å². The summed E-state index contributed by atoms with van der Waals surface area (Å²) >= 11 is 5.07. The van der Waals surface area contributed by atoms with E-state index in [2.05, 4.69) is 15.9 Å². The molecule has 1 rings (SSSR count). The highest BCUT2D eigenvalue weighted by atomic mass is 79.9. The van der Waals surface area contributed by atoms with Crippen LogP contribution in [0.15, 0.2) is 28.7 Å². The van der Waals surface area contributed by atoms with Gasteiger partial charge in [-0.15, -0.1) is 0 Å². The molecule has 1 atom stereocenters. The first-order valence-electron chi connectivity index (χ1n) is 5.29. The van der Waals surface area contributed by atoms with Crippen molar-refractivity contribution in [3.05, 3.63) is 34.3 Å². The van der Waals surface area contributed by atoms with Crippen LogP contribution in [0.3, 0.4) is 0 Å². The van der Waals surface area contributed by atoms with E-state index >= 15 is 0 Å². The molecule has 2 N–H and O–H groups in total. The highest BCUT2D eigenvalue weighted by Crippen LogP contribution is 2.16. The van der Waals surface area contributed by atoms with Crippen molar-refractivity contribution in [2.75, 3.05) is 12.0 Å². The smallest absolute Gasteiger partial charge is 0.323 e. The highest BCUT2D eigenvalue weighted by Gasteiger charge is 2.14. The molecule has 3 nitrogen and oxygen atoms in total. The number of rotatable bonds is 6. The van der Waals surface area contributed by atoms with Gasteiger partial charge >= 0.3 is 5.97 Å². The minimum absolute atomic E-state index is 0.257. The zero-order valence-electron chi connectivity index (χ0n) is 9.69. The maximum atomic E-state index is 11.6. The summed E-state index contributed by atoms with van der Waals surface area (Å²) in [5, 5.41) is 0. The third-order valence-corrected chi connectivity index (χ3v) is 3.68. The van der Waals surface area contributed by atoms with Crippen LogP contribution in [0.5, 0.6) is 0 Å². The second-order valence-corrected chi connectivity index (χ2v) is 5.43. The molecule has 0 radical (unpaired) electrons. The molecule has 0 saturated heterocycles. The van der Waals surface area contributed by atoms with E-state index in [9.17, 15) is 4.79 Å². The van der Waals surface area contributed by atoms with Gasteiger partial charge in [-0.3, -0.25) is 4.79 Å². The van der Waals surface area contributed by atoms with Crippen molar-refractivity contribution >= 4 is 33.7 Å². The number of esters is 1. The van der Waals surface area contributed by atoms with Crippen LogP contribution in [0.1, 0.15) is 12.0 Å². The molecule has 1 aromatic rings. The number of benzene rings is 1. The largest absolute Gasteiger partial charge is 0.460 e. The van der Waals surface area contributed by atoms with E-state index in [4.69, 9.17) is 10.5 Å². The lowest BCUT2D eigenvalue weighted by Gasteiger charge is -2.11. The molecule has 0 aliphatic carbocycles. The fourth-order valence-corrected chi connectivity index (χ4v) is 2.12. The van der Waals surface area contributed by atoms with E-state index in [0.717, 1.165) is 15.8 Å². The average molecular weight is 318 g/mol. The lowest BCUT2D eigenvalue weighted by molar-refractivity contribution is -0.146. The Balaban J connectivity index is 2.40. The van der Waals surface area contributed by atoms with Crippen LogP contribution in [0.4, 0.5) is 0 Å². The minimum Gasteiger partial charge on any atom is -0.460 e. The first kappa shape index (κ1) is 14.5. The molecule has 5 heteroatoms. The van der Waals surface area contributed by atoms with E-state index in [-0.39, 0.29) is 12.6 Å². The predicted octanol–water partition coefficient (Wildman–Crippen LogP) is 2.57. The van der Waals surface area contributed by atoms with E-state index in [1.165, 1.54) is 0 Å². The SMILES string of the molecule is CSCC[C@@H](N)C(=O)OCc1ccccc1Br. The van der Waals surface area contributed by atoms with E-state index in [1.54, 1.807) is 11.8 Å². The summed E-state index contributed by atoms with van der Waals surface area (Å²) in [7, 11) is 0. The molecular formula is C12H16BrNO2S. The molecular weight excluding hydrogens is 302 g/mol. The third-order valence-electron chi connectivity index (χ3n) is 2.26. The Morgan fingerprint density at radius 3 is 2.88 bits per heavy atom. The molecule has 17 heavy (non-hydrogen) atoms. The number of nitrogens with two attached hydrogens (primary N) is 1. The Hall–Kier alpha value is -0.520. The Bertz CT molecular complexity index is 373. The molecule has 0 aliphatic heterocycles. The summed E-state index contributed by atoms with van der Waals surface area (Å²) in [5.74, 6) is 0.528. The molecule has 0 fully saturated rings.